The van der Waals surface area contributed by atoms with E-state index in [1.807, 2.05) is 23.0 Å². The SMILES string of the molecule is CCC1=CCC(OI)CC1. The molecule has 0 saturated carbocycles. The number of hydrogen-bond acceptors (Lipinski definition) is 1. The first-order chi connectivity index (χ1) is 4.86. The fraction of sp³-hybridized carbons (Fsp3) is 0.750. The van der Waals surface area contributed by atoms with Gasteiger partial charge in [0.2, 0.25) is 0 Å². The maximum Gasteiger partial charge on any atom is 0.110 e. The summed E-state index contributed by atoms with van der Waals surface area (Å²) in [5.41, 5.74) is 1.60. The standard InChI is InChI=1S/C8H13IO/c1-2-7-3-5-8(10-9)6-4-7/h3,8H,2,4-6H2,1H3. The second-order valence-electron chi connectivity index (χ2n) is 2.70. The van der Waals surface area contributed by atoms with Gasteiger partial charge in [0.1, 0.15) is 23.0 Å². The lowest BCUT2D eigenvalue weighted by atomic mass is 9.96. The molecule has 0 aromatic heterocycles. The lowest BCUT2D eigenvalue weighted by Crippen LogP contribution is -2.10. The molecule has 0 aliphatic heterocycles. The van der Waals surface area contributed by atoms with Crippen LogP contribution < -0.4 is 0 Å². The molecule has 10 heavy (non-hydrogen) atoms. The first kappa shape index (κ1) is 8.53. The van der Waals surface area contributed by atoms with Crippen LogP contribution in [0, 0.1) is 0 Å². The van der Waals surface area contributed by atoms with Gasteiger partial charge in [-0.25, -0.2) is 0 Å². The summed E-state index contributed by atoms with van der Waals surface area (Å²) in [5, 5.41) is 0. The average Bonchev–Trinajstić information content (AvgIpc) is 2.05. The van der Waals surface area contributed by atoms with Crippen molar-refractivity contribution in [3.05, 3.63) is 11.6 Å². The molecule has 1 nitrogen and oxygen atoms in total. The Hall–Kier alpha value is 0.430. The molecule has 2 heteroatoms. The van der Waals surface area contributed by atoms with Crippen LogP contribution in [0.15, 0.2) is 11.6 Å². The molecule has 1 aliphatic rings. The van der Waals surface area contributed by atoms with Crippen molar-refractivity contribution in [1.82, 2.24) is 0 Å². The lowest BCUT2D eigenvalue weighted by molar-refractivity contribution is 0.262. The molecule has 0 N–H and O–H groups in total. The molecule has 1 rings (SSSR count). The largest absolute Gasteiger partial charge is 0.312 e. The van der Waals surface area contributed by atoms with Gasteiger partial charge in [-0.1, -0.05) is 18.6 Å². The quantitative estimate of drug-likeness (QED) is 0.541. The van der Waals surface area contributed by atoms with Crippen LogP contribution in [0.25, 0.3) is 0 Å². The summed E-state index contributed by atoms with van der Waals surface area (Å²) in [5.74, 6) is 0. The molecule has 0 amide bonds. The molecule has 0 aromatic rings. The second kappa shape index (κ2) is 4.34. The summed E-state index contributed by atoms with van der Waals surface area (Å²) in [6.07, 6.45) is 7.59. The van der Waals surface area contributed by atoms with Gasteiger partial charge in [-0.05, 0) is 25.7 Å². The van der Waals surface area contributed by atoms with Crippen molar-refractivity contribution in [2.45, 2.75) is 38.7 Å². The van der Waals surface area contributed by atoms with E-state index in [2.05, 4.69) is 13.0 Å². The Morgan fingerprint density at radius 3 is 3.00 bits per heavy atom. The molecule has 1 unspecified atom stereocenters. The Bertz CT molecular complexity index is 131. The zero-order chi connectivity index (χ0) is 7.40. The van der Waals surface area contributed by atoms with Crippen molar-refractivity contribution in [3.8, 4) is 0 Å². The van der Waals surface area contributed by atoms with Crippen LogP contribution in [0.3, 0.4) is 0 Å². The highest BCUT2D eigenvalue weighted by Crippen LogP contribution is 2.23. The molecule has 1 atom stereocenters. The molecule has 0 heterocycles. The Morgan fingerprint density at radius 1 is 1.80 bits per heavy atom. The van der Waals surface area contributed by atoms with Gasteiger partial charge in [-0.2, -0.15) is 0 Å². The summed E-state index contributed by atoms with van der Waals surface area (Å²) in [6.45, 7) is 2.22. The normalized spacial score (nSPS) is 26.2. The van der Waals surface area contributed by atoms with Gasteiger partial charge in [0.05, 0.1) is 6.10 Å². The number of hydrogen-bond donors (Lipinski definition) is 0. The Balaban J connectivity index is 2.36. The second-order valence-corrected chi connectivity index (χ2v) is 3.21. The van der Waals surface area contributed by atoms with E-state index in [1.54, 1.807) is 5.57 Å². The highest BCUT2D eigenvalue weighted by Gasteiger charge is 2.12. The van der Waals surface area contributed by atoms with E-state index in [-0.39, 0.29) is 0 Å². The van der Waals surface area contributed by atoms with E-state index in [0.29, 0.717) is 6.10 Å². The highest BCUT2D eigenvalue weighted by atomic mass is 127. The van der Waals surface area contributed by atoms with Crippen molar-refractivity contribution < 1.29 is 3.07 Å². The third-order valence-electron chi connectivity index (χ3n) is 2.04. The fourth-order valence-corrected chi connectivity index (χ4v) is 1.73. The molecule has 58 valence electrons. The smallest absolute Gasteiger partial charge is 0.110 e. The van der Waals surface area contributed by atoms with Gasteiger partial charge in [0.25, 0.3) is 0 Å². The Kier molecular flexibility index (Phi) is 3.70. The lowest BCUT2D eigenvalue weighted by Gasteiger charge is -2.18. The minimum absolute atomic E-state index is 0.482. The molecule has 0 saturated heterocycles. The van der Waals surface area contributed by atoms with Crippen LogP contribution in [-0.2, 0) is 3.07 Å². The van der Waals surface area contributed by atoms with Gasteiger partial charge < -0.3 is 3.07 Å². The summed E-state index contributed by atoms with van der Waals surface area (Å²) in [4.78, 5) is 0. The van der Waals surface area contributed by atoms with Crippen molar-refractivity contribution in [2.24, 2.45) is 0 Å². The third kappa shape index (κ3) is 2.23. The van der Waals surface area contributed by atoms with Crippen molar-refractivity contribution in [1.29, 1.82) is 0 Å². The zero-order valence-corrected chi connectivity index (χ0v) is 8.43. The predicted molar refractivity (Wildman–Crippen MR) is 51.1 cm³/mol. The van der Waals surface area contributed by atoms with Crippen LogP contribution in [0.2, 0.25) is 0 Å². The summed E-state index contributed by atoms with van der Waals surface area (Å²) in [6, 6.07) is 0. The van der Waals surface area contributed by atoms with Crippen LogP contribution in [0.1, 0.15) is 32.6 Å². The average molecular weight is 252 g/mol. The van der Waals surface area contributed by atoms with Gasteiger partial charge >= 0.3 is 0 Å². The summed E-state index contributed by atoms with van der Waals surface area (Å²) in [7, 11) is 0. The van der Waals surface area contributed by atoms with Crippen molar-refractivity contribution in [2.75, 3.05) is 0 Å². The minimum atomic E-state index is 0.482. The monoisotopic (exact) mass is 252 g/mol. The van der Waals surface area contributed by atoms with E-state index in [0.717, 1.165) is 6.42 Å². The van der Waals surface area contributed by atoms with E-state index in [4.69, 9.17) is 3.07 Å². The Morgan fingerprint density at radius 2 is 2.60 bits per heavy atom. The molecule has 0 radical (unpaired) electrons. The van der Waals surface area contributed by atoms with Gasteiger partial charge in [0.15, 0.2) is 0 Å². The zero-order valence-electron chi connectivity index (χ0n) is 6.27. The maximum atomic E-state index is 5.21. The first-order valence-corrected chi connectivity index (χ1v) is 4.70. The first-order valence-electron chi connectivity index (χ1n) is 3.82. The third-order valence-corrected chi connectivity index (χ3v) is 2.76. The van der Waals surface area contributed by atoms with E-state index in [1.165, 1.54) is 19.3 Å². The molecule has 0 spiro atoms. The van der Waals surface area contributed by atoms with Crippen LogP contribution >= 0.6 is 23.0 Å². The molecular formula is C8H13IO. The Labute approximate surface area is 76.5 Å². The molecule has 0 aromatic carbocycles. The van der Waals surface area contributed by atoms with E-state index in [9.17, 15) is 0 Å². The van der Waals surface area contributed by atoms with Crippen LogP contribution in [0.5, 0.6) is 0 Å². The van der Waals surface area contributed by atoms with Crippen LogP contribution in [0.4, 0.5) is 0 Å². The van der Waals surface area contributed by atoms with E-state index >= 15 is 0 Å². The predicted octanol–water partition coefficient (Wildman–Crippen LogP) is 3.24. The maximum absolute atomic E-state index is 5.21. The topological polar surface area (TPSA) is 9.23 Å². The molecule has 1 aliphatic carbocycles. The number of halogens is 1. The van der Waals surface area contributed by atoms with Gasteiger partial charge in [0, 0.05) is 0 Å². The minimum Gasteiger partial charge on any atom is -0.312 e. The van der Waals surface area contributed by atoms with Crippen LogP contribution in [-0.4, -0.2) is 6.10 Å². The van der Waals surface area contributed by atoms with Crippen molar-refractivity contribution >= 4 is 23.0 Å². The van der Waals surface area contributed by atoms with Gasteiger partial charge in [-0.3, -0.25) is 0 Å². The molecular weight excluding hydrogens is 239 g/mol. The van der Waals surface area contributed by atoms with Gasteiger partial charge in [-0.15, -0.1) is 0 Å². The highest BCUT2D eigenvalue weighted by molar-refractivity contribution is 14.1. The number of allylic oxidation sites excluding steroid dienone is 1. The van der Waals surface area contributed by atoms with E-state index < -0.39 is 0 Å². The summed E-state index contributed by atoms with van der Waals surface area (Å²) < 4.78 is 5.21. The molecule has 0 bridgehead atoms. The summed E-state index contributed by atoms with van der Waals surface area (Å²) >= 11 is 2.00. The molecule has 0 fully saturated rings. The fourth-order valence-electron chi connectivity index (χ4n) is 1.27. The van der Waals surface area contributed by atoms with Crippen molar-refractivity contribution in [3.63, 3.8) is 0 Å². The number of rotatable bonds is 2.